The van der Waals surface area contributed by atoms with E-state index in [1.807, 2.05) is 0 Å². The first-order valence-electron chi connectivity index (χ1n) is 19.0. The molecule has 0 heterocycles. The summed E-state index contributed by atoms with van der Waals surface area (Å²) in [7, 11) is 0. The van der Waals surface area contributed by atoms with Gasteiger partial charge in [-0.15, -0.1) is 0 Å². The highest BCUT2D eigenvalue weighted by atomic mass is 16.5. The van der Waals surface area contributed by atoms with Gasteiger partial charge in [0.05, 0.1) is 6.61 Å². The fourth-order valence-electron chi connectivity index (χ4n) is 3.59. The van der Waals surface area contributed by atoms with Gasteiger partial charge in [0.25, 0.3) is 0 Å². The molecule has 256 valence electrons. The van der Waals surface area contributed by atoms with Crippen molar-refractivity contribution in [1.82, 2.24) is 0 Å². The van der Waals surface area contributed by atoms with Crippen LogP contribution in [-0.2, 0) is 9.53 Å². The summed E-state index contributed by atoms with van der Waals surface area (Å²) in [5, 5.41) is 0. The van der Waals surface area contributed by atoms with E-state index in [9.17, 15) is 4.79 Å². The van der Waals surface area contributed by atoms with Gasteiger partial charge in [0, 0.05) is 6.92 Å². The molecule has 0 aliphatic heterocycles. The lowest BCUT2D eigenvalue weighted by atomic mass is 10.2. The smallest absolute Gasteiger partial charge is 0.302 e. The Hall–Kier alpha value is -0.530. The maximum Gasteiger partial charge on any atom is 0.302 e. The van der Waals surface area contributed by atoms with Gasteiger partial charge >= 0.3 is 5.97 Å². The van der Waals surface area contributed by atoms with Gasteiger partial charge in [0.15, 0.2) is 0 Å². The molecule has 0 saturated carbocycles. The average Bonchev–Trinajstić information content (AvgIpc) is 2.96. The number of carbonyl (C=O) groups excluding carboxylic acids is 1. The summed E-state index contributed by atoms with van der Waals surface area (Å²) in [6.07, 6.45) is 35.0. The van der Waals surface area contributed by atoms with E-state index in [0.717, 1.165) is 0 Å². The highest BCUT2D eigenvalue weighted by molar-refractivity contribution is 5.65. The zero-order valence-electron chi connectivity index (χ0n) is 31.7. The van der Waals surface area contributed by atoms with Gasteiger partial charge in [-0.05, 0) is 6.92 Å². The van der Waals surface area contributed by atoms with Gasteiger partial charge in [0.1, 0.15) is 0 Å². The van der Waals surface area contributed by atoms with Crippen LogP contribution in [0.25, 0.3) is 0 Å². The Balaban J connectivity index is -0.0000000897. The first-order valence-corrected chi connectivity index (χ1v) is 19.0. The van der Waals surface area contributed by atoms with E-state index >= 15 is 0 Å². The molecule has 0 aromatic carbocycles. The molecule has 2 heteroatoms. The number of esters is 1. The van der Waals surface area contributed by atoms with Crippen molar-refractivity contribution >= 4 is 5.97 Å². The Bertz CT molecular complexity index is 262. The summed E-state index contributed by atoms with van der Waals surface area (Å²) in [5.74, 6) is -0.211. The highest BCUT2D eigenvalue weighted by Gasteiger charge is 1.83. The molecule has 2 nitrogen and oxygen atoms in total. The number of carbonyl (C=O) groups is 1. The van der Waals surface area contributed by atoms with Crippen molar-refractivity contribution < 1.29 is 9.53 Å². The predicted molar refractivity (Wildman–Crippen MR) is 194 cm³/mol. The summed E-state index contributed by atoms with van der Waals surface area (Å²) in [6.45, 7) is 26.1. The number of unbranched alkanes of at least 4 members (excludes halogenated alkanes) is 20. The van der Waals surface area contributed by atoms with E-state index < -0.39 is 0 Å². The molecule has 0 atom stereocenters. The molecule has 0 aromatic heterocycles. The summed E-state index contributed by atoms with van der Waals surface area (Å²) < 4.78 is 4.40. The maximum atomic E-state index is 9.82. The van der Waals surface area contributed by atoms with E-state index in [1.165, 1.54) is 167 Å². The number of hydrogen-bond donors (Lipinski definition) is 0. The molecule has 0 aliphatic carbocycles. The molecule has 0 spiro atoms. The van der Waals surface area contributed by atoms with Crippen LogP contribution in [0.1, 0.15) is 244 Å². The minimum Gasteiger partial charge on any atom is -0.466 e. The average molecular weight is 589 g/mol. The fourth-order valence-corrected chi connectivity index (χ4v) is 3.59. The Morgan fingerprint density at radius 3 is 0.512 bits per heavy atom. The Labute approximate surface area is 265 Å². The molecule has 0 N–H and O–H groups in total. The Kier molecular flexibility index (Phi) is 87.0. The standard InChI is InChI=1S/5C7H16.C4H8O2/c5*1-3-5-7-6-4-2;1-3-6-4(2)5/h5*3-7H2,1-2H3;3H2,1-2H3. The third-order valence-corrected chi connectivity index (χ3v) is 6.38. The van der Waals surface area contributed by atoms with Crippen molar-refractivity contribution in [2.24, 2.45) is 0 Å². The molecule has 0 amide bonds. The minimum absolute atomic E-state index is 0.211. The monoisotopic (exact) mass is 589 g/mol. The van der Waals surface area contributed by atoms with Crippen molar-refractivity contribution in [2.45, 2.75) is 244 Å². The predicted octanol–water partition coefficient (Wildman–Crippen LogP) is 15.5. The zero-order valence-corrected chi connectivity index (χ0v) is 31.7. The summed E-state index contributed by atoms with van der Waals surface area (Å²) in [4.78, 5) is 9.82. The molecule has 0 aromatic rings. The van der Waals surface area contributed by atoms with Gasteiger partial charge in [-0.2, -0.15) is 0 Å². The van der Waals surface area contributed by atoms with E-state index in [0.29, 0.717) is 6.61 Å². The van der Waals surface area contributed by atoms with Gasteiger partial charge in [-0.25, -0.2) is 0 Å². The van der Waals surface area contributed by atoms with E-state index in [1.54, 1.807) is 6.92 Å². The first-order chi connectivity index (χ1) is 19.8. The molecule has 0 radical (unpaired) electrons. The molecule has 0 fully saturated rings. The lowest BCUT2D eigenvalue weighted by molar-refractivity contribution is -0.140. The molecule has 0 rings (SSSR count). The van der Waals surface area contributed by atoms with Gasteiger partial charge < -0.3 is 4.74 Å². The molecular formula is C39H88O2. The molecule has 41 heavy (non-hydrogen) atoms. The summed E-state index contributed by atoms with van der Waals surface area (Å²) in [5.41, 5.74) is 0. The largest absolute Gasteiger partial charge is 0.466 e. The van der Waals surface area contributed by atoms with Crippen LogP contribution in [0.4, 0.5) is 0 Å². The molecule has 0 unspecified atom stereocenters. The van der Waals surface area contributed by atoms with Crippen LogP contribution in [0.15, 0.2) is 0 Å². The quantitative estimate of drug-likeness (QED) is 0.0984. The van der Waals surface area contributed by atoms with Crippen LogP contribution in [-0.4, -0.2) is 12.6 Å². The molecule has 0 aliphatic rings. The number of hydrogen-bond acceptors (Lipinski definition) is 2. The van der Waals surface area contributed by atoms with Crippen LogP contribution in [0.3, 0.4) is 0 Å². The lowest BCUT2D eigenvalue weighted by Gasteiger charge is -1.90. The summed E-state index contributed by atoms with van der Waals surface area (Å²) >= 11 is 0. The zero-order chi connectivity index (χ0) is 32.7. The second-order valence-corrected chi connectivity index (χ2v) is 11.2. The second-order valence-electron chi connectivity index (χ2n) is 11.2. The van der Waals surface area contributed by atoms with Crippen molar-refractivity contribution in [2.75, 3.05) is 6.61 Å². The van der Waals surface area contributed by atoms with Gasteiger partial charge in [0.2, 0.25) is 0 Å². The highest BCUT2D eigenvalue weighted by Crippen LogP contribution is 2.02. The fraction of sp³-hybridized carbons (Fsp3) is 0.974. The third-order valence-electron chi connectivity index (χ3n) is 6.38. The van der Waals surface area contributed by atoms with Crippen molar-refractivity contribution in [3.05, 3.63) is 0 Å². The molecule has 0 saturated heterocycles. The van der Waals surface area contributed by atoms with E-state index in [2.05, 4.69) is 74.0 Å². The van der Waals surface area contributed by atoms with Crippen molar-refractivity contribution in [3.63, 3.8) is 0 Å². The number of rotatable bonds is 21. The van der Waals surface area contributed by atoms with Crippen molar-refractivity contribution in [1.29, 1.82) is 0 Å². The SMILES string of the molecule is CCCCCCC.CCCCCCC.CCCCCCC.CCCCCCC.CCCCCCC.CCOC(C)=O. The maximum absolute atomic E-state index is 9.82. The van der Waals surface area contributed by atoms with Crippen LogP contribution < -0.4 is 0 Å². The van der Waals surface area contributed by atoms with Crippen molar-refractivity contribution in [3.8, 4) is 0 Å². The lowest BCUT2D eigenvalue weighted by Crippen LogP contribution is -1.95. The van der Waals surface area contributed by atoms with Gasteiger partial charge in [-0.1, -0.05) is 230 Å². The van der Waals surface area contributed by atoms with Crippen LogP contribution >= 0.6 is 0 Å². The van der Waals surface area contributed by atoms with Crippen LogP contribution in [0.2, 0.25) is 0 Å². The van der Waals surface area contributed by atoms with Crippen LogP contribution in [0.5, 0.6) is 0 Å². The molecular weight excluding hydrogens is 500 g/mol. The topological polar surface area (TPSA) is 26.3 Å². The van der Waals surface area contributed by atoms with E-state index in [4.69, 9.17) is 0 Å². The second kappa shape index (κ2) is 67.3. The normalized spacial score (nSPS) is 9.17. The Morgan fingerprint density at radius 1 is 0.317 bits per heavy atom. The van der Waals surface area contributed by atoms with Gasteiger partial charge in [-0.3, -0.25) is 4.79 Å². The number of ether oxygens (including phenoxy) is 1. The Morgan fingerprint density at radius 2 is 0.463 bits per heavy atom. The summed E-state index contributed by atoms with van der Waals surface area (Å²) in [6, 6.07) is 0. The third kappa shape index (κ3) is 110. The molecule has 0 bridgehead atoms. The van der Waals surface area contributed by atoms with Crippen LogP contribution in [0, 0.1) is 0 Å². The minimum atomic E-state index is -0.211. The first kappa shape index (κ1) is 53.1. The van der Waals surface area contributed by atoms with E-state index in [-0.39, 0.29) is 5.97 Å².